The van der Waals surface area contributed by atoms with Gasteiger partial charge in [0.15, 0.2) is 0 Å². The number of hydrogen-bond donors (Lipinski definition) is 2. The summed E-state index contributed by atoms with van der Waals surface area (Å²) in [6.45, 7) is 6.02. The maximum absolute atomic E-state index is 13.6. The second-order valence-electron chi connectivity index (χ2n) is 10.6. The zero-order valence-corrected chi connectivity index (χ0v) is 22.0. The number of carbonyl (C=O) groups is 2. The minimum absolute atomic E-state index is 0.0465. The van der Waals surface area contributed by atoms with Gasteiger partial charge in [0, 0.05) is 31.2 Å². The average molecular weight is 514 g/mol. The van der Waals surface area contributed by atoms with Crippen LogP contribution in [0.2, 0.25) is 0 Å². The van der Waals surface area contributed by atoms with Gasteiger partial charge in [0.25, 0.3) is 5.91 Å². The fourth-order valence-electron chi connectivity index (χ4n) is 5.31. The molecule has 202 valence electrons. The lowest BCUT2D eigenvalue weighted by Gasteiger charge is -2.38. The number of amides is 2. The Morgan fingerprint density at radius 2 is 2.05 bits per heavy atom. The first kappa shape index (κ1) is 27.0. The van der Waals surface area contributed by atoms with Gasteiger partial charge in [-0.05, 0) is 61.4 Å². The van der Waals surface area contributed by atoms with Gasteiger partial charge in [-0.1, -0.05) is 26.2 Å². The molecule has 0 spiro atoms. The highest BCUT2D eigenvalue weighted by atomic mass is 16.5. The van der Waals surface area contributed by atoms with E-state index in [0.29, 0.717) is 23.5 Å². The number of benzene rings is 1. The van der Waals surface area contributed by atoms with Crippen LogP contribution in [0.5, 0.6) is 5.75 Å². The van der Waals surface area contributed by atoms with Gasteiger partial charge in [-0.15, -0.1) is 5.10 Å². The van der Waals surface area contributed by atoms with E-state index in [1.165, 1.54) is 43.1 Å². The molecule has 4 rings (SSSR count). The second-order valence-corrected chi connectivity index (χ2v) is 10.6. The molecule has 11 nitrogen and oxygen atoms in total. The van der Waals surface area contributed by atoms with Crippen LogP contribution in [0.3, 0.4) is 0 Å². The predicted molar refractivity (Wildman–Crippen MR) is 138 cm³/mol. The second kappa shape index (κ2) is 12.5. The lowest BCUT2D eigenvalue weighted by molar-refractivity contribution is -0.116. The number of likely N-dealkylation sites (N-methyl/N-ethyl adjacent to an activating group) is 1. The summed E-state index contributed by atoms with van der Waals surface area (Å²) in [5.41, 5.74) is 0.845. The van der Waals surface area contributed by atoms with E-state index in [-0.39, 0.29) is 43.0 Å². The number of rotatable bonds is 9. The van der Waals surface area contributed by atoms with Crippen molar-refractivity contribution < 1.29 is 19.4 Å². The molecule has 37 heavy (non-hydrogen) atoms. The molecule has 2 N–H and O–H groups in total. The van der Waals surface area contributed by atoms with Crippen molar-refractivity contribution in [2.75, 3.05) is 38.6 Å². The normalized spacial score (nSPS) is 21.6. The molecule has 1 aromatic carbocycles. The van der Waals surface area contributed by atoms with Crippen LogP contribution in [-0.2, 0) is 11.3 Å². The van der Waals surface area contributed by atoms with Gasteiger partial charge in [-0.25, -0.2) is 4.68 Å². The van der Waals surface area contributed by atoms with E-state index in [1.807, 2.05) is 6.92 Å². The summed E-state index contributed by atoms with van der Waals surface area (Å²) in [5, 5.41) is 23.4. The number of aliphatic hydroxyl groups excluding tert-OH is 1. The largest absolute Gasteiger partial charge is 0.488 e. The van der Waals surface area contributed by atoms with Crippen molar-refractivity contribution in [2.45, 2.75) is 64.6 Å². The summed E-state index contributed by atoms with van der Waals surface area (Å²) >= 11 is 0. The lowest BCUT2D eigenvalue weighted by atomic mass is 9.89. The SMILES string of the molecule is C[C@@H]1CN([C@@H](C)CO)C(=O)c2cc(NC(=O)Cn3cnnn3)ccc2O[C@@H]1CN(C)CC1CCCCC1. The highest BCUT2D eigenvalue weighted by Gasteiger charge is 2.34. The maximum atomic E-state index is 13.6. The number of nitrogens with one attached hydrogen (secondary N) is 1. The first-order valence-corrected chi connectivity index (χ1v) is 13.3. The van der Waals surface area contributed by atoms with E-state index in [9.17, 15) is 14.7 Å². The lowest BCUT2D eigenvalue weighted by Crippen LogP contribution is -2.50. The average Bonchev–Trinajstić information content (AvgIpc) is 3.39. The van der Waals surface area contributed by atoms with Gasteiger partial charge in [0.05, 0.1) is 18.2 Å². The fraction of sp³-hybridized carbons (Fsp3) is 0.654. The van der Waals surface area contributed by atoms with E-state index in [1.54, 1.807) is 23.1 Å². The van der Waals surface area contributed by atoms with E-state index < -0.39 is 0 Å². The topological polar surface area (TPSA) is 126 Å². The molecule has 1 aliphatic heterocycles. The Kier molecular flexibility index (Phi) is 9.09. The predicted octanol–water partition coefficient (Wildman–Crippen LogP) is 2.04. The molecule has 2 heterocycles. The Bertz CT molecular complexity index is 1040. The van der Waals surface area contributed by atoms with Gasteiger partial charge in [-0.3, -0.25) is 9.59 Å². The Morgan fingerprint density at radius 1 is 1.27 bits per heavy atom. The van der Waals surface area contributed by atoms with Crippen LogP contribution >= 0.6 is 0 Å². The van der Waals surface area contributed by atoms with Crippen LogP contribution in [0.25, 0.3) is 0 Å². The van der Waals surface area contributed by atoms with Crippen LogP contribution in [0.4, 0.5) is 5.69 Å². The van der Waals surface area contributed by atoms with Gasteiger partial charge in [-0.2, -0.15) is 0 Å². The number of carbonyl (C=O) groups excluding carboxylic acids is 2. The van der Waals surface area contributed by atoms with Crippen molar-refractivity contribution in [1.82, 2.24) is 30.0 Å². The van der Waals surface area contributed by atoms with E-state index in [0.717, 1.165) is 19.0 Å². The Labute approximate surface area is 218 Å². The Balaban J connectivity index is 1.53. The quantitative estimate of drug-likeness (QED) is 0.522. The van der Waals surface area contributed by atoms with Crippen LogP contribution in [0.1, 0.15) is 56.3 Å². The van der Waals surface area contributed by atoms with Crippen LogP contribution in [0, 0.1) is 11.8 Å². The molecule has 1 saturated carbocycles. The van der Waals surface area contributed by atoms with Crippen LogP contribution in [-0.4, -0.2) is 92.4 Å². The van der Waals surface area contributed by atoms with E-state index in [2.05, 4.69) is 39.7 Å². The molecule has 0 unspecified atom stereocenters. The van der Waals surface area contributed by atoms with Crippen molar-refractivity contribution in [1.29, 1.82) is 0 Å². The van der Waals surface area contributed by atoms with Gasteiger partial charge >= 0.3 is 0 Å². The number of fused-ring (bicyclic) bond motifs is 1. The summed E-state index contributed by atoms with van der Waals surface area (Å²) in [7, 11) is 2.15. The summed E-state index contributed by atoms with van der Waals surface area (Å²) in [6.07, 6.45) is 7.76. The third-order valence-corrected chi connectivity index (χ3v) is 7.43. The molecule has 0 saturated heterocycles. The molecule has 2 aliphatic rings. The van der Waals surface area contributed by atoms with Crippen molar-refractivity contribution in [2.24, 2.45) is 11.8 Å². The van der Waals surface area contributed by atoms with Crippen molar-refractivity contribution >= 4 is 17.5 Å². The van der Waals surface area contributed by atoms with Crippen molar-refractivity contribution in [3.8, 4) is 5.75 Å². The maximum Gasteiger partial charge on any atom is 0.258 e. The Hall–Kier alpha value is -3.05. The molecule has 11 heteroatoms. The minimum atomic E-state index is -0.348. The molecule has 0 radical (unpaired) electrons. The highest BCUT2D eigenvalue weighted by Crippen LogP contribution is 2.31. The first-order valence-electron chi connectivity index (χ1n) is 13.3. The van der Waals surface area contributed by atoms with Gasteiger partial charge in [0.2, 0.25) is 5.91 Å². The molecule has 2 amide bonds. The molecule has 2 aromatic rings. The summed E-state index contributed by atoms with van der Waals surface area (Å²) < 4.78 is 7.81. The molecule has 1 aliphatic carbocycles. The monoisotopic (exact) mass is 513 g/mol. The third kappa shape index (κ3) is 7.04. The standard InChI is InChI=1S/C26H39N7O4/c1-18-12-33(19(2)16-34)26(36)22-11-21(28-25(35)15-32-17-27-29-30-32)9-10-23(22)37-24(18)14-31(3)13-20-7-5-4-6-8-20/h9-11,17-20,24,34H,4-8,12-16H2,1-3H3,(H,28,35)/t18-,19+,24-/m1/s1. The van der Waals surface area contributed by atoms with E-state index >= 15 is 0 Å². The molecule has 1 aromatic heterocycles. The number of hydrogen-bond acceptors (Lipinski definition) is 8. The molecule has 1 fully saturated rings. The fourth-order valence-corrected chi connectivity index (χ4v) is 5.31. The third-order valence-electron chi connectivity index (χ3n) is 7.43. The molecular formula is C26H39N7O4. The molecule has 3 atom stereocenters. The number of tetrazole rings is 1. The zero-order valence-electron chi connectivity index (χ0n) is 22.0. The number of anilines is 1. The number of nitrogens with zero attached hydrogens (tertiary/aromatic N) is 6. The van der Waals surface area contributed by atoms with Crippen LogP contribution < -0.4 is 10.1 Å². The summed E-state index contributed by atoms with van der Waals surface area (Å²) in [4.78, 5) is 30.1. The van der Waals surface area contributed by atoms with Gasteiger partial charge in [0.1, 0.15) is 24.7 Å². The number of ether oxygens (including phenoxy) is 1. The summed E-state index contributed by atoms with van der Waals surface area (Å²) in [6, 6.07) is 4.77. The first-order chi connectivity index (χ1) is 17.8. The van der Waals surface area contributed by atoms with Crippen molar-refractivity contribution in [3.05, 3.63) is 30.1 Å². The number of aromatic nitrogens is 4. The van der Waals surface area contributed by atoms with Crippen molar-refractivity contribution in [3.63, 3.8) is 0 Å². The molecule has 0 bridgehead atoms. The minimum Gasteiger partial charge on any atom is -0.488 e. The van der Waals surface area contributed by atoms with Crippen LogP contribution in [0.15, 0.2) is 24.5 Å². The Morgan fingerprint density at radius 3 is 2.76 bits per heavy atom. The zero-order chi connectivity index (χ0) is 26.4. The smallest absolute Gasteiger partial charge is 0.258 e. The van der Waals surface area contributed by atoms with Gasteiger partial charge < -0.3 is 25.0 Å². The van der Waals surface area contributed by atoms with E-state index in [4.69, 9.17) is 4.74 Å². The summed E-state index contributed by atoms with van der Waals surface area (Å²) in [5.74, 6) is 0.732. The molecular weight excluding hydrogens is 474 g/mol. The highest BCUT2D eigenvalue weighted by molar-refractivity contribution is 5.99. The number of aliphatic hydroxyl groups is 1.